The van der Waals surface area contributed by atoms with Gasteiger partial charge in [0.2, 0.25) is 5.13 Å². The van der Waals surface area contributed by atoms with Gasteiger partial charge in [0, 0.05) is 12.6 Å². The summed E-state index contributed by atoms with van der Waals surface area (Å²) in [4.78, 5) is 3.82. The van der Waals surface area contributed by atoms with Crippen LogP contribution in [-0.2, 0) is 23.1 Å². The maximum atomic E-state index is 12.1. The van der Waals surface area contributed by atoms with Crippen LogP contribution >= 0.6 is 11.3 Å². The summed E-state index contributed by atoms with van der Waals surface area (Å²) < 4.78 is 26.6. The molecule has 0 unspecified atom stereocenters. The standard InChI is InChI=1S/C12H16N4O3S2/c1-8(2)5-10-14-15-12(20-10)16-21(18,19)11-4-3-9(7-17)6-13-11/h3-4,6,8,17H,5,7H2,1-2H3,(H,15,16). The molecule has 21 heavy (non-hydrogen) atoms. The Kier molecular flexibility index (Phi) is 4.86. The molecule has 0 spiro atoms. The minimum absolute atomic E-state index is 0.125. The van der Waals surface area contributed by atoms with E-state index >= 15 is 0 Å². The van der Waals surface area contributed by atoms with Crippen LogP contribution in [0.15, 0.2) is 23.4 Å². The van der Waals surface area contributed by atoms with Crippen molar-refractivity contribution in [3.05, 3.63) is 28.9 Å². The van der Waals surface area contributed by atoms with E-state index in [1.807, 2.05) is 0 Å². The van der Waals surface area contributed by atoms with Crippen LogP contribution in [0.4, 0.5) is 5.13 Å². The molecule has 2 N–H and O–H groups in total. The molecular formula is C12H16N4O3S2. The van der Waals surface area contributed by atoms with E-state index < -0.39 is 10.0 Å². The van der Waals surface area contributed by atoms with Crippen molar-refractivity contribution in [2.45, 2.75) is 31.9 Å². The van der Waals surface area contributed by atoms with Crippen LogP contribution in [0.2, 0.25) is 0 Å². The number of nitrogens with zero attached hydrogens (tertiary/aromatic N) is 3. The number of rotatable bonds is 6. The number of aromatic nitrogens is 3. The Balaban J connectivity index is 2.14. The van der Waals surface area contributed by atoms with Gasteiger partial charge in [-0.25, -0.2) is 4.98 Å². The number of aliphatic hydroxyl groups is 1. The lowest BCUT2D eigenvalue weighted by molar-refractivity contribution is 0.281. The van der Waals surface area contributed by atoms with Crippen LogP contribution in [0.3, 0.4) is 0 Å². The second kappa shape index (κ2) is 6.46. The van der Waals surface area contributed by atoms with Crippen LogP contribution in [0, 0.1) is 5.92 Å². The lowest BCUT2D eigenvalue weighted by Crippen LogP contribution is -2.14. The third-order valence-electron chi connectivity index (χ3n) is 2.53. The molecule has 0 saturated carbocycles. The zero-order valence-corrected chi connectivity index (χ0v) is 13.3. The average Bonchev–Trinajstić information content (AvgIpc) is 2.84. The minimum Gasteiger partial charge on any atom is -0.392 e. The summed E-state index contributed by atoms with van der Waals surface area (Å²) in [6.07, 6.45) is 2.07. The molecule has 2 aromatic heterocycles. The first-order valence-corrected chi connectivity index (χ1v) is 8.61. The summed E-state index contributed by atoms with van der Waals surface area (Å²) >= 11 is 1.21. The molecule has 0 aliphatic heterocycles. The van der Waals surface area contributed by atoms with Crippen LogP contribution in [0.5, 0.6) is 0 Å². The van der Waals surface area contributed by atoms with Gasteiger partial charge in [0.05, 0.1) is 6.61 Å². The molecule has 0 fully saturated rings. The first-order chi connectivity index (χ1) is 9.90. The number of anilines is 1. The van der Waals surface area contributed by atoms with Crippen LogP contribution < -0.4 is 4.72 Å². The molecule has 0 amide bonds. The monoisotopic (exact) mass is 328 g/mol. The Hall–Kier alpha value is -1.58. The number of nitrogens with one attached hydrogen (secondary N) is 1. The van der Waals surface area contributed by atoms with E-state index in [1.165, 1.54) is 29.7 Å². The third-order valence-corrected chi connectivity index (χ3v) is 4.77. The summed E-state index contributed by atoms with van der Waals surface area (Å²) in [5, 5.41) is 17.6. The molecule has 114 valence electrons. The third kappa shape index (κ3) is 4.19. The largest absolute Gasteiger partial charge is 0.392 e. The smallest absolute Gasteiger partial charge is 0.281 e. The Bertz CT molecular complexity index is 696. The van der Waals surface area contributed by atoms with Gasteiger partial charge in [-0.1, -0.05) is 31.3 Å². The van der Waals surface area contributed by atoms with Crippen molar-refractivity contribution >= 4 is 26.5 Å². The summed E-state index contributed by atoms with van der Waals surface area (Å²) in [7, 11) is -3.79. The average molecular weight is 328 g/mol. The normalized spacial score (nSPS) is 11.8. The van der Waals surface area contributed by atoms with Gasteiger partial charge in [0.1, 0.15) is 5.01 Å². The summed E-state index contributed by atoms with van der Waals surface area (Å²) in [6.45, 7) is 3.92. The van der Waals surface area contributed by atoms with Gasteiger partial charge in [-0.05, 0) is 17.5 Å². The molecule has 2 aromatic rings. The molecule has 9 heteroatoms. The molecular weight excluding hydrogens is 312 g/mol. The van der Waals surface area contributed by atoms with Gasteiger partial charge in [-0.2, -0.15) is 8.42 Å². The van der Waals surface area contributed by atoms with E-state index in [-0.39, 0.29) is 16.8 Å². The van der Waals surface area contributed by atoms with Crippen molar-refractivity contribution in [2.24, 2.45) is 5.92 Å². The second-order valence-electron chi connectivity index (χ2n) is 4.87. The van der Waals surface area contributed by atoms with E-state index in [9.17, 15) is 8.42 Å². The molecule has 7 nitrogen and oxygen atoms in total. The summed E-state index contributed by atoms with van der Waals surface area (Å²) in [5.74, 6) is 0.426. The molecule has 2 rings (SSSR count). The van der Waals surface area contributed by atoms with E-state index in [2.05, 4.69) is 33.8 Å². The highest BCUT2D eigenvalue weighted by atomic mass is 32.2. The van der Waals surface area contributed by atoms with Gasteiger partial charge in [-0.3, -0.25) is 4.72 Å². The number of pyridine rings is 1. The lowest BCUT2D eigenvalue weighted by atomic mass is 10.1. The Labute approximate surface area is 127 Å². The van der Waals surface area contributed by atoms with Crippen molar-refractivity contribution < 1.29 is 13.5 Å². The topological polar surface area (TPSA) is 105 Å². The predicted octanol–water partition coefficient (Wildman–Crippen LogP) is 1.42. The van der Waals surface area contributed by atoms with E-state index in [4.69, 9.17) is 5.11 Å². The van der Waals surface area contributed by atoms with Crippen LogP contribution in [0.25, 0.3) is 0 Å². The van der Waals surface area contributed by atoms with Gasteiger partial charge in [0.15, 0.2) is 5.03 Å². The van der Waals surface area contributed by atoms with E-state index in [1.54, 1.807) is 0 Å². The lowest BCUT2D eigenvalue weighted by Gasteiger charge is -2.04. The number of hydrogen-bond donors (Lipinski definition) is 2. The fourth-order valence-electron chi connectivity index (χ4n) is 1.56. The van der Waals surface area contributed by atoms with Crippen molar-refractivity contribution in [2.75, 3.05) is 4.72 Å². The van der Waals surface area contributed by atoms with Gasteiger partial charge in [-0.15, -0.1) is 10.2 Å². The van der Waals surface area contributed by atoms with Gasteiger partial charge in [0.25, 0.3) is 10.0 Å². The fraction of sp³-hybridized carbons (Fsp3) is 0.417. The van der Waals surface area contributed by atoms with E-state index in [0.29, 0.717) is 11.5 Å². The number of sulfonamides is 1. The van der Waals surface area contributed by atoms with Crippen LogP contribution in [-0.4, -0.2) is 28.7 Å². The minimum atomic E-state index is -3.79. The molecule has 0 bridgehead atoms. The zero-order chi connectivity index (χ0) is 15.5. The SMILES string of the molecule is CC(C)Cc1nnc(NS(=O)(=O)c2ccc(CO)cn2)s1. The van der Waals surface area contributed by atoms with Crippen molar-refractivity contribution in [1.82, 2.24) is 15.2 Å². The molecule has 0 saturated heterocycles. The molecule has 0 radical (unpaired) electrons. The van der Waals surface area contributed by atoms with Gasteiger partial charge >= 0.3 is 0 Å². The van der Waals surface area contributed by atoms with Gasteiger partial charge < -0.3 is 5.11 Å². The fourth-order valence-corrected chi connectivity index (χ4v) is 3.67. The van der Waals surface area contributed by atoms with Crippen molar-refractivity contribution in [3.63, 3.8) is 0 Å². The first-order valence-electron chi connectivity index (χ1n) is 6.31. The maximum absolute atomic E-state index is 12.1. The molecule has 0 aliphatic carbocycles. The number of hydrogen-bond acceptors (Lipinski definition) is 7. The second-order valence-corrected chi connectivity index (χ2v) is 7.56. The predicted molar refractivity (Wildman–Crippen MR) is 79.4 cm³/mol. The zero-order valence-electron chi connectivity index (χ0n) is 11.6. The summed E-state index contributed by atoms with van der Waals surface area (Å²) in [5.41, 5.74) is 0.545. The summed E-state index contributed by atoms with van der Waals surface area (Å²) in [6, 6.07) is 2.84. The molecule has 0 atom stereocenters. The molecule has 2 heterocycles. The Morgan fingerprint density at radius 2 is 2.10 bits per heavy atom. The first kappa shape index (κ1) is 15.8. The Morgan fingerprint density at radius 3 is 2.67 bits per heavy atom. The highest BCUT2D eigenvalue weighted by Gasteiger charge is 2.18. The maximum Gasteiger partial charge on any atom is 0.281 e. The van der Waals surface area contributed by atoms with E-state index in [0.717, 1.165) is 11.4 Å². The number of aliphatic hydroxyl groups excluding tert-OH is 1. The highest BCUT2D eigenvalue weighted by Crippen LogP contribution is 2.21. The van der Waals surface area contributed by atoms with Crippen LogP contribution in [0.1, 0.15) is 24.4 Å². The quantitative estimate of drug-likeness (QED) is 0.831. The van der Waals surface area contributed by atoms with Crippen molar-refractivity contribution in [3.8, 4) is 0 Å². The van der Waals surface area contributed by atoms with Crippen molar-refractivity contribution in [1.29, 1.82) is 0 Å². The molecule has 0 aromatic carbocycles. The Morgan fingerprint density at radius 1 is 1.33 bits per heavy atom. The highest BCUT2D eigenvalue weighted by molar-refractivity contribution is 7.92. The molecule has 0 aliphatic rings.